The van der Waals surface area contributed by atoms with Gasteiger partial charge in [0.1, 0.15) is 0 Å². The summed E-state index contributed by atoms with van der Waals surface area (Å²) in [4.78, 5) is 6.90. The van der Waals surface area contributed by atoms with Gasteiger partial charge in [-0.15, -0.1) is 0 Å². The number of fused-ring (bicyclic) bond motifs is 1. The Morgan fingerprint density at radius 2 is 1.79 bits per heavy atom. The first-order chi connectivity index (χ1) is 14.0. The van der Waals surface area contributed by atoms with Crippen LogP contribution in [-0.2, 0) is 13.0 Å². The molecule has 0 bridgehead atoms. The van der Waals surface area contributed by atoms with Crippen LogP contribution in [0.15, 0.2) is 47.5 Å². The van der Waals surface area contributed by atoms with Crippen LogP contribution in [-0.4, -0.2) is 50.8 Å². The average Bonchev–Trinajstić information content (AvgIpc) is 2.76. The third-order valence-corrected chi connectivity index (χ3v) is 5.55. The van der Waals surface area contributed by atoms with Crippen molar-refractivity contribution in [3.05, 3.63) is 53.6 Å². The van der Waals surface area contributed by atoms with Gasteiger partial charge >= 0.3 is 0 Å². The van der Waals surface area contributed by atoms with Crippen LogP contribution in [0.1, 0.15) is 25.0 Å². The summed E-state index contributed by atoms with van der Waals surface area (Å²) in [7, 11) is 5.04. The molecule has 1 heterocycles. The molecule has 2 N–H and O–H groups in total. The second kappa shape index (κ2) is 9.18. The van der Waals surface area contributed by atoms with E-state index in [1.54, 1.807) is 21.3 Å². The number of nitrogens with one attached hydrogen (secondary N) is 2. The minimum absolute atomic E-state index is 0.0112. The van der Waals surface area contributed by atoms with E-state index in [1.165, 1.54) is 11.1 Å². The molecule has 6 heteroatoms. The van der Waals surface area contributed by atoms with E-state index in [-0.39, 0.29) is 5.54 Å². The lowest BCUT2D eigenvalue weighted by Crippen LogP contribution is -2.53. The number of aliphatic imine (C=N–C) groups is 1. The zero-order chi connectivity index (χ0) is 20.9. The van der Waals surface area contributed by atoms with Gasteiger partial charge in [0.05, 0.1) is 14.2 Å². The normalized spacial score (nSPS) is 14.9. The molecule has 1 aliphatic rings. The maximum absolute atomic E-state index is 5.38. The molecule has 2 aromatic rings. The van der Waals surface area contributed by atoms with Gasteiger partial charge in [0.25, 0.3) is 0 Å². The van der Waals surface area contributed by atoms with Crippen LogP contribution in [0.5, 0.6) is 11.5 Å². The third-order valence-electron chi connectivity index (χ3n) is 5.55. The zero-order valence-electron chi connectivity index (χ0n) is 18.1. The molecule has 156 valence electrons. The van der Waals surface area contributed by atoms with Crippen molar-refractivity contribution in [3.63, 3.8) is 0 Å². The molecule has 0 aromatic heterocycles. The molecule has 1 aliphatic heterocycles. The molecule has 0 saturated heterocycles. The summed E-state index contributed by atoms with van der Waals surface area (Å²) in [6, 6.07) is 14.5. The van der Waals surface area contributed by atoms with Crippen molar-refractivity contribution < 1.29 is 9.47 Å². The van der Waals surface area contributed by atoms with Crippen molar-refractivity contribution in [2.45, 2.75) is 32.4 Å². The number of guanidine groups is 1. The van der Waals surface area contributed by atoms with Gasteiger partial charge in [-0.2, -0.15) is 0 Å². The molecular weight excluding hydrogens is 364 g/mol. The zero-order valence-corrected chi connectivity index (χ0v) is 18.1. The van der Waals surface area contributed by atoms with Crippen molar-refractivity contribution in [2.24, 2.45) is 4.99 Å². The second-order valence-electron chi connectivity index (χ2n) is 7.87. The number of nitrogens with zero attached hydrogens (tertiary/aromatic N) is 2. The largest absolute Gasteiger partial charge is 0.493 e. The van der Waals surface area contributed by atoms with E-state index in [4.69, 9.17) is 9.47 Å². The fraction of sp³-hybridized carbons (Fsp3) is 0.435. The van der Waals surface area contributed by atoms with Gasteiger partial charge in [0.2, 0.25) is 0 Å². The Bertz CT molecular complexity index is 864. The Balaban J connectivity index is 1.61. The van der Waals surface area contributed by atoms with Gasteiger partial charge in [-0.05, 0) is 43.5 Å². The fourth-order valence-corrected chi connectivity index (χ4v) is 3.65. The van der Waals surface area contributed by atoms with Crippen LogP contribution in [0.4, 0.5) is 5.69 Å². The Hall–Kier alpha value is -2.73. The monoisotopic (exact) mass is 396 g/mol. The Labute approximate surface area is 173 Å². The summed E-state index contributed by atoms with van der Waals surface area (Å²) in [5.74, 6) is 2.11. The van der Waals surface area contributed by atoms with E-state index in [1.807, 2.05) is 18.2 Å². The summed E-state index contributed by atoms with van der Waals surface area (Å²) in [6.45, 7) is 7.37. The number of ether oxygens (including phenoxy) is 2. The average molecular weight is 397 g/mol. The van der Waals surface area contributed by atoms with Gasteiger partial charge in [0.15, 0.2) is 17.5 Å². The maximum Gasteiger partial charge on any atom is 0.195 e. The number of hydrogen-bond donors (Lipinski definition) is 2. The lowest BCUT2D eigenvalue weighted by atomic mass is 9.94. The van der Waals surface area contributed by atoms with Crippen LogP contribution in [0, 0.1) is 0 Å². The molecule has 0 radical (unpaired) electrons. The highest BCUT2D eigenvalue weighted by Crippen LogP contribution is 2.30. The summed E-state index contributed by atoms with van der Waals surface area (Å²) in [5, 5.41) is 6.80. The van der Waals surface area contributed by atoms with Gasteiger partial charge in [0, 0.05) is 44.0 Å². The van der Waals surface area contributed by atoms with Crippen LogP contribution in [0.25, 0.3) is 0 Å². The molecule has 6 nitrogen and oxygen atoms in total. The highest BCUT2D eigenvalue weighted by atomic mass is 16.5. The van der Waals surface area contributed by atoms with Crippen LogP contribution in [0.2, 0.25) is 0 Å². The van der Waals surface area contributed by atoms with Gasteiger partial charge in [-0.1, -0.05) is 24.3 Å². The molecule has 0 saturated carbocycles. The van der Waals surface area contributed by atoms with E-state index in [9.17, 15) is 0 Å². The van der Waals surface area contributed by atoms with Gasteiger partial charge in [-0.25, -0.2) is 0 Å². The molecule has 0 unspecified atom stereocenters. The fourth-order valence-electron chi connectivity index (χ4n) is 3.65. The second-order valence-corrected chi connectivity index (χ2v) is 7.87. The van der Waals surface area contributed by atoms with Crippen LogP contribution < -0.4 is 20.1 Å². The predicted molar refractivity (Wildman–Crippen MR) is 119 cm³/mol. The van der Waals surface area contributed by atoms with Crippen molar-refractivity contribution in [2.75, 3.05) is 39.7 Å². The standard InChI is InChI=1S/C23H32N4O2/c1-23(2,27-13-12-17-8-6-7-9-18(17)15-27)16-25-22(24-3)26-19-10-11-20(28-4)21(14-19)29-5/h6-11,14H,12-13,15-16H2,1-5H3,(H2,24,25,26). The molecule has 0 atom stereocenters. The lowest BCUT2D eigenvalue weighted by molar-refractivity contribution is 0.107. The Kier molecular flexibility index (Phi) is 6.64. The molecule has 29 heavy (non-hydrogen) atoms. The Morgan fingerprint density at radius 1 is 1.07 bits per heavy atom. The van der Waals surface area contributed by atoms with E-state index in [0.717, 1.165) is 37.7 Å². The lowest BCUT2D eigenvalue weighted by Gasteiger charge is -2.42. The van der Waals surface area contributed by atoms with Crippen molar-refractivity contribution >= 4 is 11.6 Å². The molecule has 0 amide bonds. The topological polar surface area (TPSA) is 58.1 Å². The van der Waals surface area contributed by atoms with E-state index < -0.39 is 0 Å². The van der Waals surface area contributed by atoms with E-state index >= 15 is 0 Å². The molecule has 3 rings (SSSR count). The predicted octanol–water partition coefficient (Wildman–Crippen LogP) is 3.53. The number of rotatable bonds is 6. The first-order valence-electron chi connectivity index (χ1n) is 9.98. The number of benzene rings is 2. The summed E-state index contributed by atoms with van der Waals surface area (Å²) < 4.78 is 10.7. The van der Waals surface area contributed by atoms with E-state index in [2.05, 4.69) is 58.6 Å². The van der Waals surface area contributed by atoms with Crippen molar-refractivity contribution in [1.82, 2.24) is 10.2 Å². The highest BCUT2D eigenvalue weighted by molar-refractivity contribution is 5.93. The van der Waals surface area contributed by atoms with Crippen molar-refractivity contribution in [3.8, 4) is 11.5 Å². The Morgan fingerprint density at radius 3 is 2.48 bits per heavy atom. The van der Waals surface area contributed by atoms with E-state index in [0.29, 0.717) is 11.5 Å². The summed E-state index contributed by atoms with van der Waals surface area (Å²) in [5.41, 5.74) is 3.78. The number of hydrogen-bond acceptors (Lipinski definition) is 4. The molecule has 0 spiro atoms. The smallest absolute Gasteiger partial charge is 0.195 e. The molecule has 2 aromatic carbocycles. The maximum atomic E-state index is 5.38. The highest BCUT2D eigenvalue weighted by Gasteiger charge is 2.29. The minimum Gasteiger partial charge on any atom is -0.493 e. The SMILES string of the molecule is CN=C(NCC(C)(C)N1CCc2ccccc2C1)Nc1ccc(OC)c(OC)c1. The quantitative estimate of drug-likeness (QED) is 0.578. The first kappa shape index (κ1) is 21.0. The third kappa shape index (κ3) is 5.01. The number of methoxy groups -OCH3 is 2. The van der Waals surface area contributed by atoms with Crippen molar-refractivity contribution in [1.29, 1.82) is 0 Å². The molecular formula is C23H32N4O2. The van der Waals surface area contributed by atoms with Crippen LogP contribution in [0.3, 0.4) is 0 Å². The van der Waals surface area contributed by atoms with Gasteiger partial charge < -0.3 is 20.1 Å². The van der Waals surface area contributed by atoms with Gasteiger partial charge in [-0.3, -0.25) is 9.89 Å². The summed E-state index contributed by atoms with van der Waals surface area (Å²) in [6.07, 6.45) is 1.10. The first-order valence-corrected chi connectivity index (χ1v) is 9.98. The van der Waals surface area contributed by atoms with Crippen LogP contribution >= 0.6 is 0 Å². The summed E-state index contributed by atoms with van der Waals surface area (Å²) >= 11 is 0. The minimum atomic E-state index is -0.0112. The number of anilines is 1. The molecule has 0 fully saturated rings. The molecule has 0 aliphatic carbocycles.